The van der Waals surface area contributed by atoms with E-state index in [1.54, 1.807) is 12.1 Å². The molecule has 0 bridgehead atoms. The molecule has 26 heavy (non-hydrogen) atoms. The summed E-state index contributed by atoms with van der Waals surface area (Å²) in [6.07, 6.45) is 0.595. The van der Waals surface area contributed by atoms with Crippen molar-refractivity contribution in [2.75, 3.05) is 32.1 Å². The third-order valence-corrected chi connectivity index (χ3v) is 4.94. The molecule has 0 aliphatic rings. The first kappa shape index (κ1) is 22.0. The molecule has 0 saturated heterocycles. The molecule has 0 aliphatic carbocycles. The third kappa shape index (κ3) is 6.38. The Balaban J connectivity index is 0.00000338. The van der Waals surface area contributed by atoms with Gasteiger partial charge in [-0.1, -0.05) is 0 Å². The summed E-state index contributed by atoms with van der Waals surface area (Å²) < 4.78 is 26.7. The van der Waals surface area contributed by atoms with Gasteiger partial charge in [-0.25, -0.2) is 13.1 Å². The Morgan fingerprint density at radius 1 is 0.962 bits per heavy atom. The average molecular weight is 398 g/mol. The van der Waals surface area contributed by atoms with Gasteiger partial charge in [0.1, 0.15) is 0 Å². The second-order valence-electron chi connectivity index (χ2n) is 5.64. The van der Waals surface area contributed by atoms with Gasteiger partial charge in [0.05, 0.1) is 16.3 Å². The van der Waals surface area contributed by atoms with Gasteiger partial charge in [-0.15, -0.1) is 12.4 Å². The number of azo groups is 1. The van der Waals surface area contributed by atoms with Gasteiger partial charge >= 0.3 is 0 Å². The van der Waals surface area contributed by atoms with Crippen LogP contribution in [0, 0.1) is 0 Å². The van der Waals surface area contributed by atoms with E-state index < -0.39 is 10.0 Å². The molecule has 0 spiro atoms. The van der Waals surface area contributed by atoms with Gasteiger partial charge in [0, 0.05) is 26.3 Å². The first-order chi connectivity index (χ1) is 11.9. The average Bonchev–Trinajstić information content (AvgIpc) is 2.61. The molecule has 9 heteroatoms. The van der Waals surface area contributed by atoms with E-state index in [1.165, 1.54) is 12.1 Å². The van der Waals surface area contributed by atoms with Crippen LogP contribution in [0.15, 0.2) is 63.7 Å². The van der Waals surface area contributed by atoms with Crippen LogP contribution in [0.3, 0.4) is 0 Å². The quantitative estimate of drug-likeness (QED) is 0.527. The van der Waals surface area contributed by atoms with Gasteiger partial charge in [0.15, 0.2) is 0 Å². The molecule has 0 heterocycles. The summed E-state index contributed by atoms with van der Waals surface area (Å²) in [4.78, 5) is 2.19. The van der Waals surface area contributed by atoms with Gasteiger partial charge in [0.25, 0.3) is 0 Å². The maximum absolute atomic E-state index is 12.1. The molecule has 0 radical (unpaired) electrons. The second-order valence-corrected chi connectivity index (χ2v) is 7.41. The predicted octanol–water partition coefficient (Wildman–Crippen LogP) is 3.22. The number of hydrogen-bond acceptors (Lipinski definition) is 6. The number of nitrogens with one attached hydrogen (secondary N) is 1. The lowest BCUT2D eigenvalue weighted by Gasteiger charge is -2.11. The van der Waals surface area contributed by atoms with Crippen molar-refractivity contribution in [2.45, 2.75) is 11.3 Å². The molecule has 142 valence electrons. The Labute approximate surface area is 160 Å². The summed E-state index contributed by atoms with van der Waals surface area (Å²) in [6.45, 7) is 0.764. The Bertz CT molecular complexity index is 806. The molecule has 0 fully saturated rings. The Hall–Kier alpha value is -2.00. The van der Waals surface area contributed by atoms with Crippen molar-refractivity contribution >= 4 is 39.5 Å². The summed E-state index contributed by atoms with van der Waals surface area (Å²) >= 11 is 0. The number of halogens is 1. The van der Waals surface area contributed by atoms with Crippen LogP contribution in [-0.4, -0.2) is 35.6 Å². The summed E-state index contributed by atoms with van der Waals surface area (Å²) in [6, 6.07) is 13.9. The molecular formula is C17H24ClN5O2S. The molecule has 3 N–H and O–H groups in total. The van der Waals surface area contributed by atoms with Crippen molar-refractivity contribution in [3.63, 3.8) is 0 Å². The van der Waals surface area contributed by atoms with Crippen molar-refractivity contribution in [3.8, 4) is 0 Å². The molecule has 0 aliphatic heterocycles. The maximum Gasteiger partial charge on any atom is 0.240 e. The highest BCUT2D eigenvalue weighted by molar-refractivity contribution is 7.89. The van der Waals surface area contributed by atoms with Crippen LogP contribution in [0.5, 0.6) is 0 Å². The summed E-state index contributed by atoms with van der Waals surface area (Å²) in [5, 5.41) is 8.29. The lowest BCUT2D eigenvalue weighted by atomic mass is 10.3. The van der Waals surface area contributed by atoms with Gasteiger partial charge in [0.2, 0.25) is 10.0 Å². The molecule has 0 aromatic heterocycles. The summed E-state index contributed by atoms with van der Waals surface area (Å²) in [5.74, 6) is 0. The van der Waals surface area contributed by atoms with Crippen LogP contribution in [0.1, 0.15) is 6.42 Å². The molecule has 2 aromatic rings. The van der Waals surface area contributed by atoms with Crippen molar-refractivity contribution in [1.82, 2.24) is 4.72 Å². The zero-order valence-corrected chi connectivity index (χ0v) is 16.4. The first-order valence-corrected chi connectivity index (χ1v) is 9.39. The minimum absolute atomic E-state index is 0. The third-order valence-electron chi connectivity index (χ3n) is 3.47. The fourth-order valence-corrected chi connectivity index (χ4v) is 3.09. The second kappa shape index (κ2) is 10.2. The molecule has 2 rings (SSSR count). The standard InChI is InChI=1S/C17H23N5O2S.ClH/c1-22(2)16-8-4-14(5-9-16)20-21-15-6-10-17(11-7-15)25(23,24)19-13-3-12-18;/h4-11,19H,3,12-13,18H2,1-2H3;1H. The number of sulfonamides is 1. The highest BCUT2D eigenvalue weighted by Crippen LogP contribution is 2.22. The van der Waals surface area contributed by atoms with Gasteiger partial charge in [-0.2, -0.15) is 10.2 Å². The highest BCUT2D eigenvalue weighted by atomic mass is 35.5. The smallest absolute Gasteiger partial charge is 0.240 e. The van der Waals surface area contributed by atoms with Crippen LogP contribution < -0.4 is 15.4 Å². The van der Waals surface area contributed by atoms with E-state index >= 15 is 0 Å². The molecule has 2 aromatic carbocycles. The Morgan fingerprint density at radius 3 is 1.92 bits per heavy atom. The number of nitrogens with two attached hydrogens (primary N) is 1. The molecule has 0 amide bonds. The van der Waals surface area contributed by atoms with E-state index in [9.17, 15) is 8.42 Å². The van der Waals surface area contributed by atoms with Crippen LogP contribution in [0.2, 0.25) is 0 Å². The number of nitrogens with zero attached hydrogens (tertiary/aromatic N) is 3. The van der Waals surface area contributed by atoms with Gasteiger partial charge in [-0.3, -0.25) is 0 Å². The number of hydrogen-bond donors (Lipinski definition) is 2. The van der Waals surface area contributed by atoms with E-state index in [2.05, 4.69) is 15.0 Å². The van der Waals surface area contributed by atoms with E-state index in [1.807, 2.05) is 43.3 Å². The monoisotopic (exact) mass is 397 g/mol. The zero-order chi connectivity index (χ0) is 18.3. The molecular weight excluding hydrogens is 374 g/mol. The minimum Gasteiger partial charge on any atom is -0.378 e. The number of benzene rings is 2. The SMILES string of the molecule is CN(C)c1ccc(N=Nc2ccc(S(=O)(=O)NCCCN)cc2)cc1.Cl. The van der Waals surface area contributed by atoms with Crippen molar-refractivity contribution in [2.24, 2.45) is 16.0 Å². The predicted molar refractivity (Wildman–Crippen MR) is 107 cm³/mol. The van der Waals surface area contributed by atoms with Crippen LogP contribution >= 0.6 is 12.4 Å². The largest absolute Gasteiger partial charge is 0.378 e. The fraction of sp³-hybridized carbons (Fsp3) is 0.294. The molecule has 0 unspecified atom stereocenters. The summed E-state index contributed by atoms with van der Waals surface area (Å²) in [5.41, 5.74) is 7.75. The van der Waals surface area contributed by atoms with Crippen molar-refractivity contribution in [1.29, 1.82) is 0 Å². The van der Waals surface area contributed by atoms with Crippen molar-refractivity contribution < 1.29 is 8.42 Å². The Morgan fingerprint density at radius 2 is 1.46 bits per heavy atom. The molecule has 0 saturated carbocycles. The fourth-order valence-electron chi connectivity index (χ4n) is 2.02. The normalized spacial score (nSPS) is 11.3. The first-order valence-electron chi connectivity index (χ1n) is 7.91. The lowest BCUT2D eigenvalue weighted by Crippen LogP contribution is -2.26. The Kier molecular flexibility index (Phi) is 8.67. The van der Waals surface area contributed by atoms with E-state index in [4.69, 9.17) is 5.73 Å². The number of rotatable bonds is 8. The van der Waals surface area contributed by atoms with Crippen molar-refractivity contribution in [3.05, 3.63) is 48.5 Å². The lowest BCUT2D eigenvalue weighted by molar-refractivity contribution is 0.579. The van der Waals surface area contributed by atoms with Gasteiger partial charge in [-0.05, 0) is 61.5 Å². The number of anilines is 1. The zero-order valence-electron chi connectivity index (χ0n) is 14.8. The van der Waals surface area contributed by atoms with Crippen LogP contribution in [-0.2, 0) is 10.0 Å². The maximum atomic E-state index is 12.1. The van der Waals surface area contributed by atoms with E-state index in [0.717, 1.165) is 11.4 Å². The van der Waals surface area contributed by atoms with Crippen LogP contribution in [0.4, 0.5) is 17.1 Å². The molecule has 7 nitrogen and oxygen atoms in total. The molecule has 0 atom stereocenters. The topological polar surface area (TPSA) is 100 Å². The highest BCUT2D eigenvalue weighted by Gasteiger charge is 2.12. The minimum atomic E-state index is -3.51. The van der Waals surface area contributed by atoms with E-state index in [-0.39, 0.29) is 17.3 Å². The van der Waals surface area contributed by atoms with E-state index in [0.29, 0.717) is 25.2 Å². The summed E-state index contributed by atoms with van der Waals surface area (Å²) in [7, 11) is 0.427. The van der Waals surface area contributed by atoms with Crippen LogP contribution in [0.25, 0.3) is 0 Å². The van der Waals surface area contributed by atoms with Gasteiger partial charge < -0.3 is 10.6 Å².